The van der Waals surface area contributed by atoms with Gasteiger partial charge < -0.3 is 5.73 Å². The van der Waals surface area contributed by atoms with Crippen molar-refractivity contribution in [2.45, 2.75) is 26.2 Å². The van der Waals surface area contributed by atoms with Gasteiger partial charge in [-0.1, -0.05) is 32.9 Å². The van der Waals surface area contributed by atoms with Crippen LogP contribution in [-0.4, -0.2) is 24.4 Å². The van der Waals surface area contributed by atoms with Crippen LogP contribution in [0.4, 0.5) is 11.5 Å². The van der Waals surface area contributed by atoms with Gasteiger partial charge in [-0.25, -0.2) is 15.0 Å². The third-order valence-electron chi connectivity index (χ3n) is 4.74. The molecule has 3 heterocycles. The van der Waals surface area contributed by atoms with Crippen LogP contribution in [0.2, 0.25) is 0 Å². The fourth-order valence-electron chi connectivity index (χ4n) is 3.20. The zero-order valence-corrected chi connectivity index (χ0v) is 16.3. The number of hydrogen-bond donors (Lipinski definition) is 1. The fourth-order valence-corrected chi connectivity index (χ4v) is 3.20. The number of rotatable bonds is 3. The molecule has 0 unspecified atom stereocenters. The molecule has 0 aliphatic rings. The van der Waals surface area contributed by atoms with Crippen LogP contribution in [0.25, 0.3) is 28.2 Å². The average molecular weight is 388 g/mol. The van der Waals surface area contributed by atoms with Crippen LogP contribution in [0.3, 0.4) is 0 Å². The maximum absolute atomic E-state index is 11.2. The van der Waals surface area contributed by atoms with E-state index in [4.69, 9.17) is 5.73 Å². The molecule has 4 aromatic rings. The van der Waals surface area contributed by atoms with Gasteiger partial charge in [-0.05, 0) is 35.2 Å². The second-order valence-electron chi connectivity index (χ2n) is 7.80. The molecule has 0 radical (unpaired) electrons. The lowest BCUT2D eigenvalue weighted by atomic mass is 9.87. The van der Waals surface area contributed by atoms with Gasteiger partial charge in [0, 0.05) is 18.0 Å². The molecule has 1 aromatic carbocycles. The summed E-state index contributed by atoms with van der Waals surface area (Å²) < 4.78 is 1.86. The van der Waals surface area contributed by atoms with Gasteiger partial charge in [-0.3, -0.25) is 14.7 Å². The zero-order valence-electron chi connectivity index (χ0n) is 16.3. The monoisotopic (exact) mass is 388 g/mol. The Morgan fingerprint density at radius 2 is 1.90 bits per heavy atom. The van der Waals surface area contributed by atoms with Crippen LogP contribution in [0.15, 0.2) is 54.9 Å². The first-order chi connectivity index (χ1) is 13.8. The number of anilines is 1. The molecule has 0 fully saturated rings. The highest BCUT2D eigenvalue weighted by Crippen LogP contribution is 2.33. The predicted octanol–water partition coefficient (Wildman–Crippen LogP) is 4.27. The smallest absolute Gasteiger partial charge is 0.289 e. The van der Waals surface area contributed by atoms with Crippen molar-refractivity contribution in [3.8, 4) is 17.1 Å². The van der Waals surface area contributed by atoms with E-state index in [-0.39, 0.29) is 11.1 Å². The molecule has 0 atom stereocenters. The largest absolute Gasteiger partial charge is 0.383 e. The molecule has 0 saturated heterocycles. The fraction of sp³-hybridized carbons (Fsp3) is 0.190. The Labute approximate surface area is 167 Å². The van der Waals surface area contributed by atoms with Crippen molar-refractivity contribution in [2.24, 2.45) is 0 Å². The number of nitro groups is 1. The Hall–Kier alpha value is -3.81. The lowest BCUT2D eigenvalue weighted by molar-refractivity contribution is -0.385. The third kappa shape index (κ3) is 3.29. The van der Waals surface area contributed by atoms with Crippen LogP contribution < -0.4 is 5.73 Å². The molecule has 3 aromatic heterocycles. The molecule has 146 valence electrons. The molecule has 4 rings (SSSR count). The van der Waals surface area contributed by atoms with Crippen LogP contribution in [-0.2, 0) is 5.41 Å². The van der Waals surface area contributed by atoms with Crippen molar-refractivity contribution in [2.75, 3.05) is 5.73 Å². The number of nitrogen functional groups attached to an aromatic ring is 1. The minimum absolute atomic E-state index is 0.0495. The second kappa shape index (κ2) is 6.66. The molecule has 0 amide bonds. The number of aromatic nitrogens is 4. The Kier molecular flexibility index (Phi) is 4.26. The molecule has 0 aliphatic carbocycles. The van der Waals surface area contributed by atoms with Crippen molar-refractivity contribution < 1.29 is 4.92 Å². The number of nitrogens with two attached hydrogens (primary N) is 1. The molecule has 8 nitrogen and oxygen atoms in total. The van der Waals surface area contributed by atoms with E-state index in [1.54, 1.807) is 12.3 Å². The summed E-state index contributed by atoms with van der Waals surface area (Å²) in [5.74, 6) is 0.857. The van der Waals surface area contributed by atoms with Gasteiger partial charge in [0.1, 0.15) is 17.5 Å². The van der Waals surface area contributed by atoms with Crippen molar-refractivity contribution >= 4 is 22.7 Å². The van der Waals surface area contributed by atoms with E-state index in [1.165, 1.54) is 12.3 Å². The van der Waals surface area contributed by atoms with Gasteiger partial charge in [0.15, 0.2) is 11.5 Å². The van der Waals surface area contributed by atoms with E-state index in [2.05, 4.69) is 47.9 Å². The van der Waals surface area contributed by atoms with Gasteiger partial charge in [0.05, 0.1) is 10.5 Å². The Morgan fingerprint density at radius 3 is 2.59 bits per heavy atom. The first-order valence-corrected chi connectivity index (χ1v) is 9.10. The third-order valence-corrected chi connectivity index (χ3v) is 4.74. The topological polar surface area (TPSA) is 113 Å². The highest BCUT2D eigenvalue weighted by Gasteiger charge is 2.21. The van der Waals surface area contributed by atoms with E-state index < -0.39 is 4.92 Å². The molecule has 29 heavy (non-hydrogen) atoms. The Bertz CT molecular complexity index is 1240. The minimum atomic E-state index is -0.482. The molecular formula is C21H20N6O2. The number of benzene rings is 1. The highest BCUT2D eigenvalue weighted by atomic mass is 16.6. The van der Waals surface area contributed by atoms with Gasteiger partial charge in [-0.15, -0.1) is 0 Å². The van der Waals surface area contributed by atoms with Gasteiger partial charge in [-0.2, -0.15) is 0 Å². The quantitative estimate of drug-likeness (QED) is 0.414. The van der Waals surface area contributed by atoms with Crippen molar-refractivity contribution in [3.05, 3.63) is 70.5 Å². The summed E-state index contributed by atoms with van der Waals surface area (Å²) in [6, 6.07) is 13.1. The molecule has 0 spiro atoms. The highest BCUT2D eigenvalue weighted by molar-refractivity contribution is 5.83. The lowest BCUT2D eigenvalue weighted by Gasteiger charge is -2.20. The number of pyridine rings is 2. The summed E-state index contributed by atoms with van der Waals surface area (Å²) in [7, 11) is 0. The summed E-state index contributed by atoms with van der Waals surface area (Å²) in [5, 5.41) is 11.2. The van der Waals surface area contributed by atoms with Crippen LogP contribution in [0.5, 0.6) is 0 Å². The van der Waals surface area contributed by atoms with E-state index >= 15 is 0 Å². The van der Waals surface area contributed by atoms with Crippen LogP contribution >= 0.6 is 0 Å². The predicted molar refractivity (Wildman–Crippen MR) is 112 cm³/mol. The number of hydrogen-bond acceptors (Lipinski definition) is 6. The maximum Gasteiger partial charge on any atom is 0.289 e. The van der Waals surface area contributed by atoms with E-state index in [0.29, 0.717) is 28.4 Å². The maximum atomic E-state index is 11.2. The van der Waals surface area contributed by atoms with Gasteiger partial charge >= 0.3 is 0 Å². The number of nitrogens with zero attached hydrogens (tertiary/aromatic N) is 5. The molecule has 8 heteroatoms. The average Bonchev–Trinajstić information content (AvgIpc) is 3.06. The molecule has 0 saturated carbocycles. The van der Waals surface area contributed by atoms with E-state index in [0.717, 1.165) is 11.3 Å². The van der Waals surface area contributed by atoms with Gasteiger partial charge in [0.25, 0.3) is 5.69 Å². The SMILES string of the molecule is CC(C)(C)c1cccc(-n2c(-c3cccnc3N)nc3cc([N+](=O)[O-])cnc32)c1. The summed E-state index contributed by atoms with van der Waals surface area (Å²) in [5.41, 5.74) is 9.49. The normalized spacial score (nSPS) is 11.7. The van der Waals surface area contributed by atoms with E-state index in [1.807, 2.05) is 22.8 Å². The molecule has 2 N–H and O–H groups in total. The minimum Gasteiger partial charge on any atom is -0.383 e. The van der Waals surface area contributed by atoms with Crippen LogP contribution in [0.1, 0.15) is 26.3 Å². The van der Waals surface area contributed by atoms with E-state index in [9.17, 15) is 10.1 Å². The van der Waals surface area contributed by atoms with Crippen molar-refractivity contribution in [1.82, 2.24) is 19.5 Å². The number of imidazole rings is 1. The summed E-state index contributed by atoms with van der Waals surface area (Å²) >= 11 is 0. The summed E-state index contributed by atoms with van der Waals surface area (Å²) in [6.45, 7) is 6.42. The number of fused-ring (bicyclic) bond motifs is 1. The summed E-state index contributed by atoms with van der Waals surface area (Å²) in [6.07, 6.45) is 2.85. The van der Waals surface area contributed by atoms with Crippen molar-refractivity contribution in [3.63, 3.8) is 0 Å². The first-order valence-electron chi connectivity index (χ1n) is 9.10. The standard InChI is InChI=1S/C21H20N6O2/c1-21(2,3)13-6-4-7-14(10-13)26-19(16-8-5-9-23-18(16)22)25-17-11-15(27(28)29)12-24-20(17)26/h4-12H,1-3H3,(H2,22,23). The Morgan fingerprint density at radius 1 is 1.10 bits per heavy atom. The van der Waals surface area contributed by atoms with Crippen LogP contribution in [0, 0.1) is 10.1 Å². The lowest BCUT2D eigenvalue weighted by Crippen LogP contribution is -2.12. The van der Waals surface area contributed by atoms with Gasteiger partial charge in [0.2, 0.25) is 0 Å². The molecule has 0 aliphatic heterocycles. The second-order valence-corrected chi connectivity index (χ2v) is 7.80. The first kappa shape index (κ1) is 18.5. The van der Waals surface area contributed by atoms with Crippen molar-refractivity contribution in [1.29, 1.82) is 0 Å². The molecule has 0 bridgehead atoms. The summed E-state index contributed by atoms with van der Waals surface area (Å²) in [4.78, 5) is 23.8. The Balaban J connectivity index is 2.05. The zero-order chi connectivity index (χ0) is 20.8. The molecular weight excluding hydrogens is 368 g/mol.